The summed E-state index contributed by atoms with van der Waals surface area (Å²) in [4.78, 5) is 25.7. The first-order chi connectivity index (χ1) is 12.6. The number of hydrogen-bond acceptors (Lipinski definition) is 4. The van der Waals surface area contributed by atoms with Gasteiger partial charge in [0.05, 0.1) is 13.2 Å². The van der Waals surface area contributed by atoms with Gasteiger partial charge in [0.1, 0.15) is 0 Å². The van der Waals surface area contributed by atoms with Gasteiger partial charge in [0, 0.05) is 32.1 Å². The first kappa shape index (κ1) is 19.8. The van der Waals surface area contributed by atoms with Gasteiger partial charge >= 0.3 is 0 Å². The Hall–Kier alpha value is -2.50. The predicted molar refractivity (Wildman–Crippen MR) is 101 cm³/mol. The molecule has 1 aromatic carbocycles. The second-order valence-electron chi connectivity index (χ2n) is 6.03. The molecule has 142 valence electrons. The van der Waals surface area contributed by atoms with Gasteiger partial charge in [-0.2, -0.15) is 0 Å². The summed E-state index contributed by atoms with van der Waals surface area (Å²) in [5, 5.41) is 2.75. The zero-order valence-corrected chi connectivity index (χ0v) is 15.6. The third-order valence-electron chi connectivity index (χ3n) is 4.09. The molecule has 0 radical (unpaired) electrons. The van der Waals surface area contributed by atoms with Crippen molar-refractivity contribution in [2.45, 2.75) is 33.1 Å². The zero-order valence-electron chi connectivity index (χ0n) is 15.6. The van der Waals surface area contributed by atoms with Gasteiger partial charge in [-0.3, -0.25) is 9.59 Å². The summed E-state index contributed by atoms with van der Waals surface area (Å²) in [6.45, 7) is 6.97. The molecule has 0 spiro atoms. The van der Waals surface area contributed by atoms with Crippen LogP contribution < -0.4 is 14.8 Å². The van der Waals surface area contributed by atoms with Crippen molar-refractivity contribution in [2.75, 3.05) is 32.8 Å². The van der Waals surface area contributed by atoms with Crippen LogP contribution in [0.2, 0.25) is 0 Å². The normalized spacial score (nSPS) is 13.8. The average molecular weight is 360 g/mol. The molecular formula is C20H28N2O4. The number of nitrogens with one attached hydrogen (secondary N) is 1. The van der Waals surface area contributed by atoms with E-state index in [0.29, 0.717) is 37.7 Å². The molecule has 1 saturated heterocycles. The summed E-state index contributed by atoms with van der Waals surface area (Å²) in [5.41, 5.74) is 0.847. The van der Waals surface area contributed by atoms with Crippen LogP contribution in [0.5, 0.6) is 11.5 Å². The van der Waals surface area contributed by atoms with Crippen molar-refractivity contribution in [3.05, 3.63) is 29.8 Å². The lowest BCUT2D eigenvalue weighted by atomic mass is 10.2. The molecule has 1 N–H and O–H groups in total. The molecule has 1 aromatic rings. The van der Waals surface area contributed by atoms with E-state index in [1.54, 1.807) is 6.08 Å². The van der Waals surface area contributed by atoms with E-state index in [4.69, 9.17) is 9.47 Å². The van der Waals surface area contributed by atoms with E-state index in [2.05, 4.69) is 5.32 Å². The van der Waals surface area contributed by atoms with Crippen LogP contribution in [0.3, 0.4) is 0 Å². The highest BCUT2D eigenvalue weighted by Gasteiger charge is 2.17. The van der Waals surface area contributed by atoms with Gasteiger partial charge < -0.3 is 19.7 Å². The van der Waals surface area contributed by atoms with E-state index in [-0.39, 0.29) is 11.8 Å². The molecule has 0 bridgehead atoms. The topological polar surface area (TPSA) is 67.9 Å². The smallest absolute Gasteiger partial charge is 0.244 e. The van der Waals surface area contributed by atoms with Crippen molar-refractivity contribution < 1.29 is 19.1 Å². The summed E-state index contributed by atoms with van der Waals surface area (Å²) in [5.74, 6) is 1.25. The van der Waals surface area contributed by atoms with Gasteiger partial charge in [-0.15, -0.1) is 0 Å². The van der Waals surface area contributed by atoms with Crippen LogP contribution in [-0.4, -0.2) is 49.6 Å². The van der Waals surface area contributed by atoms with Gasteiger partial charge in [-0.25, -0.2) is 0 Å². The molecule has 2 rings (SSSR count). The third-order valence-corrected chi connectivity index (χ3v) is 4.09. The summed E-state index contributed by atoms with van der Waals surface area (Å²) < 4.78 is 11.1. The fourth-order valence-electron chi connectivity index (χ4n) is 2.82. The Morgan fingerprint density at radius 3 is 2.50 bits per heavy atom. The highest BCUT2D eigenvalue weighted by molar-refractivity contribution is 5.92. The average Bonchev–Trinajstić information content (AvgIpc) is 3.17. The molecule has 0 aliphatic carbocycles. The van der Waals surface area contributed by atoms with Crippen LogP contribution >= 0.6 is 0 Å². The Balaban J connectivity index is 1.82. The lowest BCUT2D eigenvalue weighted by molar-refractivity contribution is -0.130. The lowest BCUT2D eigenvalue weighted by Gasteiger charge is -2.14. The van der Waals surface area contributed by atoms with E-state index in [0.717, 1.165) is 31.5 Å². The van der Waals surface area contributed by atoms with Gasteiger partial charge in [-0.05, 0) is 50.5 Å². The SMILES string of the molecule is CCOc1ccc(/C=C/C(=O)NCCC(=O)N2CCCC2)cc1OCC. The number of carbonyl (C=O) groups excluding carboxylic acids is 2. The van der Waals surface area contributed by atoms with E-state index < -0.39 is 0 Å². The number of carbonyl (C=O) groups is 2. The Kier molecular flexibility index (Phi) is 7.99. The van der Waals surface area contributed by atoms with Crippen molar-refractivity contribution in [2.24, 2.45) is 0 Å². The fraction of sp³-hybridized carbons (Fsp3) is 0.500. The number of hydrogen-bond donors (Lipinski definition) is 1. The summed E-state index contributed by atoms with van der Waals surface area (Å²) in [7, 11) is 0. The lowest BCUT2D eigenvalue weighted by Crippen LogP contribution is -2.32. The number of benzene rings is 1. The molecule has 1 heterocycles. The largest absolute Gasteiger partial charge is 0.490 e. The van der Waals surface area contributed by atoms with Crippen LogP contribution in [0.1, 0.15) is 38.7 Å². The summed E-state index contributed by atoms with van der Waals surface area (Å²) in [6, 6.07) is 5.55. The van der Waals surface area contributed by atoms with Gasteiger partial charge in [0.25, 0.3) is 0 Å². The predicted octanol–water partition coefficient (Wildman–Crippen LogP) is 2.63. The maximum absolute atomic E-state index is 11.9. The van der Waals surface area contributed by atoms with Crippen molar-refractivity contribution in [3.63, 3.8) is 0 Å². The molecule has 26 heavy (non-hydrogen) atoms. The quantitative estimate of drug-likeness (QED) is 0.688. The highest BCUT2D eigenvalue weighted by Crippen LogP contribution is 2.28. The maximum atomic E-state index is 11.9. The second-order valence-corrected chi connectivity index (χ2v) is 6.03. The van der Waals surface area contributed by atoms with Crippen LogP contribution in [0.25, 0.3) is 6.08 Å². The molecular weight excluding hydrogens is 332 g/mol. The van der Waals surface area contributed by atoms with E-state index in [9.17, 15) is 9.59 Å². The Morgan fingerprint density at radius 1 is 1.12 bits per heavy atom. The maximum Gasteiger partial charge on any atom is 0.244 e. The van der Waals surface area contributed by atoms with E-state index in [1.165, 1.54) is 6.08 Å². The van der Waals surface area contributed by atoms with Crippen LogP contribution in [0, 0.1) is 0 Å². The van der Waals surface area contributed by atoms with Crippen molar-refractivity contribution in [1.82, 2.24) is 10.2 Å². The minimum Gasteiger partial charge on any atom is -0.490 e. The molecule has 0 aromatic heterocycles. The monoisotopic (exact) mass is 360 g/mol. The van der Waals surface area contributed by atoms with Crippen LogP contribution in [0.4, 0.5) is 0 Å². The molecule has 6 nitrogen and oxygen atoms in total. The molecule has 6 heteroatoms. The van der Waals surface area contributed by atoms with E-state index in [1.807, 2.05) is 36.9 Å². The van der Waals surface area contributed by atoms with Crippen molar-refractivity contribution in [1.29, 1.82) is 0 Å². The van der Waals surface area contributed by atoms with Crippen molar-refractivity contribution in [3.8, 4) is 11.5 Å². The van der Waals surface area contributed by atoms with Gasteiger partial charge in [-0.1, -0.05) is 6.07 Å². The first-order valence-electron chi connectivity index (χ1n) is 9.27. The number of rotatable bonds is 9. The van der Waals surface area contributed by atoms with Crippen LogP contribution in [-0.2, 0) is 9.59 Å². The first-order valence-corrected chi connectivity index (χ1v) is 9.27. The minimum atomic E-state index is -0.217. The van der Waals surface area contributed by atoms with Gasteiger partial charge in [0.15, 0.2) is 11.5 Å². The Morgan fingerprint density at radius 2 is 1.81 bits per heavy atom. The summed E-state index contributed by atoms with van der Waals surface area (Å²) >= 11 is 0. The fourth-order valence-corrected chi connectivity index (χ4v) is 2.82. The third kappa shape index (κ3) is 6.10. The molecule has 0 unspecified atom stereocenters. The van der Waals surface area contributed by atoms with E-state index >= 15 is 0 Å². The minimum absolute atomic E-state index is 0.111. The molecule has 2 amide bonds. The molecule has 1 fully saturated rings. The highest BCUT2D eigenvalue weighted by atomic mass is 16.5. The molecule has 0 atom stereocenters. The zero-order chi connectivity index (χ0) is 18.8. The number of likely N-dealkylation sites (tertiary alicyclic amines) is 1. The Labute approximate surface area is 155 Å². The second kappa shape index (κ2) is 10.5. The molecule has 1 aliphatic rings. The molecule has 1 aliphatic heterocycles. The standard InChI is InChI=1S/C20H28N2O4/c1-3-25-17-9-7-16(15-18(17)26-4-2)8-10-19(23)21-12-11-20(24)22-13-5-6-14-22/h7-10,15H,3-6,11-14H2,1-2H3,(H,21,23)/b10-8+. The number of nitrogens with zero attached hydrogens (tertiary/aromatic N) is 1. The molecule has 0 saturated carbocycles. The van der Waals surface area contributed by atoms with Crippen LogP contribution in [0.15, 0.2) is 24.3 Å². The summed E-state index contributed by atoms with van der Waals surface area (Å²) in [6.07, 6.45) is 5.68. The Bertz CT molecular complexity index is 637. The van der Waals surface area contributed by atoms with Gasteiger partial charge in [0.2, 0.25) is 11.8 Å². The number of amides is 2. The van der Waals surface area contributed by atoms with Crippen molar-refractivity contribution >= 4 is 17.9 Å². The number of ether oxygens (including phenoxy) is 2.